The van der Waals surface area contributed by atoms with Crippen LogP contribution < -0.4 is 10.1 Å². The van der Waals surface area contributed by atoms with Crippen LogP contribution in [0.4, 0.5) is 5.69 Å². The Morgan fingerprint density at radius 1 is 1.18 bits per heavy atom. The van der Waals surface area contributed by atoms with Gasteiger partial charge in [-0.1, -0.05) is 36.4 Å². The molecule has 2 amide bonds. The number of aryl methyl sites for hydroxylation is 1. The number of nitrogens with one attached hydrogen (secondary N) is 1. The molecule has 1 aliphatic heterocycles. The first kappa shape index (κ1) is 22.7. The van der Waals surface area contributed by atoms with E-state index in [9.17, 15) is 9.59 Å². The molecule has 170 valence electrons. The van der Waals surface area contributed by atoms with Crippen LogP contribution in [0.2, 0.25) is 0 Å². The molecule has 33 heavy (non-hydrogen) atoms. The van der Waals surface area contributed by atoms with Gasteiger partial charge in [0.15, 0.2) is 0 Å². The molecule has 1 atom stereocenters. The van der Waals surface area contributed by atoms with Crippen molar-refractivity contribution in [3.63, 3.8) is 0 Å². The molecule has 1 unspecified atom stereocenters. The molecular formula is C26H27N3O3S. The molecular weight excluding hydrogens is 434 g/mol. The Bertz CT molecular complexity index is 1130. The fourth-order valence-corrected chi connectivity index (χ4v) is 4.40. The summed E-state index contributed by atoms with van der Waals surface area (Å²) in [5.41, 5.74) is 2.49. The SMILES string of the molecule is Cc1nc(COc2ccccc2/C=C/C(=O)N2CCCC(C(=O)Nc3ccccc3)C2)cs1. The summed E-state index contributed by atoms with van der Waals surface area (Å²) in [6.45, 7) is 3.42. The number of benzene rings is 2. The van der Waals surface area contributed by atoms with Gasteiger partial charge < -0.3 is 15.0 Å². The monoisotopic (exact) mass is 461 g/mol. The average Bonchev–Trinajstić information content (AvgIpc) is 3.27. The Morgan fingerprint density at radius 2 is 1.97 bits per heavy atom. The molecule has 2 aromatic carbocycles. The average molecular weight is 462 g/mol. The zero-order valence-electron chi connectivity index (χ0n) is 18.6. The minimum atomic E-state index is -0.214. The molecule has 1 aliphatic rings. The van der Waals surface area contributed by atoms with E-state index in [0.29, 0.717) is 25.4 Å². The van der Waals surface area contributed by atoms with E-state index in [1.54, 1.807) is 28.4 Å². The smallest absolute Gasteiger partial charge is 0.246 e. The highest BCUT2D eigenvalue weighted by Gasteiger charge is 2.27. The summed E-state index contributed by atoms with van der Waals surface area (Å²) in [5.74, 6) is 0.343. The zero-order chi connectivity index (χ0) is 23.0. The topological polar surface area (TPSA) is 71.5 Å². The molecule has 1 aromatic heterocycles. The summed E-state index contributed by atoms with van der Waals surface area (Å²) in [6.07, 6.45) is 4.92. The maximum absolute atomic E-state index is 12.8. The summed E-state index contributed by atoms with van der Waals surface area (Å²) in [4.78, 5) is 31.7. The quantitative estimate of drug-likeness (QED) is 0.507. The summed E-state index contributed by atoms with van der Waals surface area (Å²) in [7, 11) is 0. The van der Waals surface area contributed by atoms with E-state index in [-0.39, 0.29) is 17.7 Å². The normalized spacial score (nSPS) is 16.0. The Morgan fingerprint density at radius 3 is 2.76 bits per heavy atom. The lowest BCUT2D eigenvalue weighted by atomic mass is 9.97. The van der Waals surface area contributed by atoms with Crippen LogP contribution in [0, 0.1) is 12.8 Å². The van der Waals surface area contributed by atoms with Crippen LogP contribution in [-0.4, -0.2) is 34.8 Å². The number of thiazole rings is 1. The largest absolute Gasteiger partial charge is 0.487 e. The van der Waals surface area contributed by atoms with Crippen molar-refractivity contribution >= 4 is 34.9 Å². The Kier molecular flexibility index (Phi) is 7.52. The number of carbonyl (C=O) groups is 2. The van der Waals surface area contributed by atoms with Crippen LogP contribution in [0.5, 0.6) is 5.75 Å². The van der Waals surface area contributed by atoms with Crippen LogP contribution in [0.25, 0.3) is 6.08 Å². The van der Waals surface area contributed by atoms with E-state index in [4.69, 9.17) is 4.74 Å². The summed E-state index contributed by atoms with van der Waals surface area (Å²) >= 11 is 1.59. The predicted molar refractivity (Wildman–Crippen MR) is 131 cm³/mol. The van der Waals surface area contributed by atoms with Gasteiger partial charge in [0.25, 0.3) is 0 Å². The molecule has 1 N–H and O–H groups in total. The first-order chi connectivity index (χ1) is 16.1. The molecule has 3 aromatic rings. The second-order valence-corrected chi connectivity index (χ2v) is 9.06. The number of para-hydroxylation sites is 2. The van der Waals surface area contributed by atoms with Gasteiger partial charge in [0.2, 0.25) is 11.8 Å². The molecule has 6 nitrogen and oxygen atoms in total. The van der Waals surface area contributed by atoms with E-state index in [1.807, 2.05) is 66.9 Å². The van der Waals surface area contributed by atoms with Crippen molar-refractivity contribution in [2.24, 2.45) is 5.92 Å². The van der Waals surface area contributed by atoms with Gasteiger partial charge in [-0.2, -0.15) is 0 Å². The van der Waals surface area contributed by atoms with Crippen molar-refractivity contribution in [2.45, 2.75) is 26.4 Å². The standard InChI is InChI=1S/C26H27N3O3S/c1-19-27-23(18-33-19)17-32-24-12-6-5-8-20(24)13-14-25(30)29-15-7-9-21(16-29)26(31)28-22-10-3-2-4-11-22/h2-6,8,10-14,18,21H,7,9,15-17H2,1H3,(H,28,31)/b14-13+. The van der Waals surface area contributed by atoms with Crippen LogP contribution in [-0.2, 0) is 16.2 Å². The molecule has 0 spiro atoms. The summed E-state index contributed by atoms with van der Waals surface area (Å²) in [5, 5.41) is 5.94. The van der Waals surface area contributed by atoms with Crippen molar-refractivity contribution in [3.05, 3.63) is 82.3 Å². The van der Waals surface area contributed by atoms with Crippen molar-refractivity contribution in [2.75, 3.05) is 18.4 Å². The van der Waals surface area contributed by atoms with Gasteiger partial charge in [-0.3, -0.25) is 9.59 Å². The molecule has 1 fully saturated rings. The lowest BCUT2D eigenvalue weighted by Gasteiger charge is -2.31. The number of piperidine rings is 1. The summed E-state index contributed by atoms with van der Waals surface area (Å²) < 4.78 is 5.93. The van der Waals surface area contributed by atoms with Gasteiger partial charge in [0.05, 0.1) is 16.6 Å². The molecule has 0 radical (unpaired) electrons. The van der Waals surface area contributed by atoms with Crippen LogP contribution in [0.1, 0.15) is 29.1 Å². The molecule has 0 aliphatic carbocycles. The number of nitrogens with zero attached hydrogens (tertiary/aromatic N) is 2. The predicted octanol–water partition coefficient (Wildman–Crippen LogP) is 4.92. The Hall–Kier alpha value is -3.45. The van der Waals surface area contributed by atoms with Crippen LogP contribution in [0.15, 0.2) is 66.1 Å². The van der Waals surface area contributed by atoms with E-state index in [2.05, 4.69) is 10.3 Å². The van der Waals surface area contributed by atoms with Crippen molar-refractivity contribution in [1.82, 2.24) is 9.88 Å². The Balaban J connectivity index is 1.35. The minimum Gasteiger partial charge on any atom is -0.487 e. The first-order valence-corrected chi connectivity index (χ1v) is 11.9. The fraction of sp³-hybridized carbons (Fsp3) is 0.269. The molecule has 0 saturated carbocycles. The van der Waals surface area contributed by atoms with E-state index in [1.165, 1.54) is 0 Å². The van der Waals surface area contributed by atoms with Gasteiger partial charge in [-0.25, -0.2) is 4.98 Å². The molecule has 0 bridgehead atoms. The third-order valence-electron chi connectivity index (χ3n) is 5.51. The van der Waals surface area contributed by atoms with E-state index >= 15 is 0 Å². The highest BCUT2D eigenvalue weighted by Crippen LogP contribution is 2.23. The lowest BCUT2D eigenvalue weighted by Crippen LogP contribution is -2.43. The fourth-order valence-electron chi connectivity index (χ4n) is 3.80. The summed E-state index contributed by atoms with van der Waals surface area (Å²) in [6, 6.07) is 17.0. The van der Waals surface area contributed by atoms with Gasteiger partial charge in [0, 0.05) is 35.8 Å². The van der Waals surface area contributed by atoms with Gasteiger partial charge in [0.1, 0.15) is 12.4 Å². The van der Waals surface area contributed by atoms with Crippen LogP contribution in [0.3, 0.4) is 0 Å². The maximum atomic E-state index is 12.8. The first-order valence-electron chi connectivity index (χ1n) is 11.0. The number of anilines is 1. The van der Waals surface area contributed by atoms with Crippen molar-refractivity contribution in [1.29, 1.82) is 0 Å². The zero-order valence-corrected chi connectivity index (χ0v) is 19.4. The van der Waals surface area contributed by atoms with Crippen molar-refractivity contribution in [3.8, 4) is 5.75 Å². The number of likely N-dealkylation sites (tertiary alicyclic amines) is 1. The maximum Gasteiger partial charge on any atom is 0.246 e. The number of ether oxygens (including phenoxy) is 1. The molecule has 1 saturated heterocycles. The number of carbonyl (C=O) groups excluding carboxylic acids is 2. The Labute approximate surface area is 197 Å². The molecule has 4 rings (SSSR count). The lowest BCUT2D eigenvalue weighted by molar-refractivity contribution is -0.130. The molecule has 7 heteroatoms. The number of hydrogen-bond acceptors (Lipinski definition) is 5. The second kappa shape index (κ2) is 10.9. The second-order valence-electron chi connectivity index (χ2n) is 8.00. The highest BCUT2D eigenvalue weighted by molar-refractivity contribution is 7.09. The minimum absolute atomic E-state index is 0.0429. The highest BCUT2D eigenvalue weighted by atomic mass is 32.1. The number of aromatic nitrogens is 1. The van der Waals surface area contributed by atoms with Crippen molar-refractivity contribution < 1.29 is 14.3 Å². The van der Waals surface area contributed by atoms with Gasteiger partial charge in [-0.15, -0.1) is 11.3 Å². The van der Waals surface area contributed by atoms with Gasteiger partial charge >= 0.3 is 0 Å². The third kappa shape index (κ3) is 6.29. The van der Waals surface area contributed by atoms with Crippen LogP contribution >= 0.6 is 11.3 Å². The molecule has 2 heterocycles. The number of amides is 2. The van der Waals surface area contributed by atoms with E-state index < -0.39 is 0 Å². The number of hydrogen-bond donors (Lipinski definition) is 1. The third-order valence-corrected chi connectivity index (χ3v) is 6.33. The number of rotatable bonds is 7. The van der Waals surface area contributed by atoms with Gasteiger partial charge in [-0.05, 0) is 44.0 Å². The van der Waals surface area contributed by atoms with E-state index in [0.717, 1.165) is 34.8 Å².